The van der Waals surface area contributed by atoms with E-state index in [1.54, 1.807) is 49.4 Å². The van der Waals surface area contributed by atoms with Gasteiger partial charge in [-0.25, -0.2) is 14.2 Å². The number of nitrogen functional groups attached to an aromatic ring is 1. The van der Waals surface area contributed by atoms with Crippen molar-refractivity contribution in [2.75, 3.05) is 19.5 Å². The predicted octanol–water partition coefficient (Wildman–Crippen LogP) is 1.47. The number of benzene rings is 2. The minimum atomic E-state index is -1.07. The molecule has 0 bridgehead atoms. The Morgan fingerprint density at radius 2 is 1.66 bits per heavy atom. The number of esters is 2. The first-order valence-electron chi connectivity index (χ1n) is 10.7. The molecule has 0 radical (unpaired) electrons. The lowest BCUT2D eigenvalue weighted by Crippen LogP contribution is -2.46. The van der Waals surface area contributed by atoms with Crippen molar-refractivity contribution >= 4 is 23.5 Å². The highest BCUT2D eigenvalue weighted by atomic mass is 16.5. The second-order valence-corrected chi connectivity index (χ2v) is 7.90. The number of nitrogens with two attached hydrogens (primary N) is 1. The van der Waals surface area contributed by atoms with Crippen molar-refractivity contribution in [3.8, 4) is 0 Å². The second-order valence-electron chi connectivity index (χ2n) is 7.90. The highest BCUT2D eigenvalue weighted by Gasteiger charge is 2.25. The molecular weight excluding hydrogens is 454 g/mol. The quantitative estimate of drug-likeness (QED) is 0.378. The van der Waals surface area contributed by atoms with Gasteiger partial charge in [0.25, 0.3) is 5.56 Å². The summed E-state index contributed by atoms with van der Waals surface area (Å²) in [4.78, 5) is 63.4. The van der Waals surface area contributed by atoms with Gasteiger partial charge in [-0.15, -0.1) is 0 Å². The Balaban J connectivity index is 2.00. The number of carbonyl (C=O) groups is 3. The first-order valence-corrected chi connectivity index (χ1v) is 10.7. The van der Waals surface area contributed by atoms with Gasteiger partial charge < -0.3 is 15.2 Å². The van der Waals surface area contributed by atoms with Crippen LogP contribution < -0.4 is 17.0 Å². The van der Waals surface area contributed by atoms with Crippen LogP contribution >= 0.6 is 0 Å². The Morgan fingerprint density at radius 1 is 0.971 bits per heavy atom. The summed E-state index contributed by atoms with van der Waals surface area (Å²) in [6.07, 6.45) is 0. The van der Waals surface area contributed by atoms with E-state index in [0.29, 0.717) is 15.7 Å². The highest BCUT2D eigenvalue weighted by Crippen LogP contribution is 2.14. The standard InChI is InChI=1S/C25H25N3O7/c1-15-9-10-16(2)18(11-15)24(32)35-14-19(29)21-22(26)27(12-17-7-5-4-6-8-17)25(33)28(23(21)31)13-20(30)34-3/h4-11H,12-14,26H2,1-3H3. The van der Waals surface area contributed by atoms with E-state index in [2.05, 4.69) is 4.74 Å². The number of nitrogens with zero attached hydrogens (tertiary/aromatic N) is 2. The van der Waals surface area contributed by atoms with Gasteiger partial charge in [-0.2, -0.15) is 0 Å². The number of rotatable bonds is 8. The van der Waals surface area contributed by atoms with Gasteiger partial charge >= 0.3 is 17.6 Å². The largest absolute Gasteiger partial charge is 0.468 e. The molecule has 10 nitrogen and oxygen atoms in total. The average molecular weight is 479 g/mol. The number of carbonyl (C=O) groups excluding carboxylic acids is 3. The van der Waals surface area contributed by atoms with Crippen molar-refractivity contribution in [1.82, 2.24) is 9.13 Å². The molecule has 0 aliphatic rings. The number of hydrogen-bond donors (Lipinski definition) is 1. The third-order valence-electron chi connectivity index (χ3n) is 5.39. The molecule has 0 spiro atoms. The summed E-state index contributed by atoms with van der Waals surface area (Å²) in [7, 11) is 1.10. The summed E-state index contributed by atoms with van der Waals surface area (Å²) in [5.41, 5.74) is 6.02. The molecular formula is C25H25N3O7. The summed E-state index contributed by atoms with van der Waals surface area (Å²) in [5, 5.41) is 0. The molecule has 1 aromatic heterocycles. The Bertz CT molecular complexity index is 1410. The van der Waals surface area contributed by atoms with Crippen LogP contribution in [0, 0.1) is 13.8 Å². The van der Waals surface area contributed by atoms with Crippen molar-refractivity contribution in [2.24, 2.45) is 0 Å². The van der Waals surface area contributed by atoms with Gasteiger partial charge in [-0.3, -0.25) is 19.0 Å². The number of aromatic nitrogens is 2. The van der Waals surface area contributed by atoms with E-state index in [4.69, 9.17) is 10.5 Å². The summed E-state index contributed by atoms with van der Waals surface area (Å²) in [6.45, 7) is 1.97. The molecule has 0 saturated heterocycles. The van der Waals surface area contributed by atoms with Crippen LogP contribution in [0.4, 0.5) is 5.82 Å². The first-order chi connectivity index (χ1) is 16.6. The number of Topliss-reactive ketones (excluding diaryl/α,β-unsaturated/α-hetero) is 1. The van der Waals surface area contributed by atoms with Gasteiger partial charge in [0.1, 0.15) is 17.9 Å². The van der Waals surface area contributed by atoms with Gasteiger partial charge in [0, 0.05) is 0 Å². The number of methoxy groups -OCH3 is 1. The van der Waals surface area contributed by atoms with Gasteiger partial charge in [-0.05, 0) is 31.0 Å². The Morgan fingerprint density at radius 3 is 2.31 bits per heavy atom. The van der Waals surface area contributed by atoms with Gasteiger partial charge in [0.2, 0.25) is 5.78 Å². The highest BCUT2D eigenvalue weighted by molar-refractivity contribution is 6.02. The van der Waals surface area contributed by atoms with Crippen LogP contribution in [0.1, 0.15) is 37.4 Å². The van der Waals surface area contributed by atoms with Crippen LogP contribution in [-0.4, -0.2) is 40.6 Å². The number of anilines is 1. The summed E-state index contributed by atoms with van der Waals surface area (Å²) < 4.78 is 11.3. The molecule has 35 heavy (non-hydrogen) atoms. The SMILES string of the molecule is COC(=O)Cn1c(=O)c(C(=O)COC(=O)c2cc(C)ccc2C)c(N)n(Cc2ccccc2)c1=O. The van der Waals surface area contributed by atoms with Crippen LogP contribution in [0.3, 0.4) is 0 Å². The summed E-state index contributed by atoms with van der Waals surface area (Å²) in [5.74, 6) is -2.91. The molecule has 0 unspecified atom stereocenters. The lowest BCUT2D eigenvalue weighted by Gasteiger charge is -2.16. The van der Waals surface area contributed by atoms with Gasteiger partial charge in [0.05, 0.1) is 19.2 Å². The molecule has 0 amide bonds. The van der Waals surface area contributed by atoms with E-state index in [1.807, 2.05) is 13.0 Å². The van der Waals surface area contributed by atoms with Crippen molar-refractivity contribution in [2.45, 2.75) is 26.9 Å². The smallest absolute Gasteiger partial charge is 0.338 e. The van der Waals surface area contributed by atoms with E-state index < -0.39 is 53.5 Å². The molecule has 2 aromatic carbocycles. The zero-order chi connectivity index (χ0) is 25.7. The zero-order valence-corrected chi connectivity index (χ0v) is 19.6. The van der Waals surface area contributed by atoms with Crippen LogP contribution in [0.2, 0.25) is 0 Å². The average Bonchev–Trinajstić information content (AvgIpc) is 2.85. The van der Waals surface area contributed by atoms with E-state index in [-0.39, 0.29) is 12.1 Å². The molecule has 3 aromatic rings. The zero-order valence-electron chi connectivity index (χ0n) is 19.6. The van der Waals surface area contributed by atoms with Crippen molar-refractivity contribution in [3.05, 3.63) is 97.2 Å². The van der Waals surface area contributed by atoms with Crippen LogP contribution in [0.5, 0.6) is 0 Å². The molecule has 0 saturated carbocycles. The molecule has 10 heteroatoms. The van der Waals surface area contributed by atoms with Crippen molar-refractivity contribution in [1.29, 1.82) is 0 Å². The molecule has 182 valence electrons. The van der Waals surface area contributed by atoms with Gasteiger partial charge in [0.15, 0.2) is 6.61 Å². The van der Waals surface area contributed by atoms with E-state index in [9.17, 15) is 24.0 Å². The van der Waals surface area contributed by atoms with Crippen LogP contribution in [-0.2, 0) is 27.4 Å². The molecule has 3 rings (SSSR count). The van der Waals surface area contributed by atoms with Gasteiger partial charge in [-0.1, -0.05) is 48.0 Å². The Hall–Kier alpha value is -4.47. The maximum Gasteiger partial charge on any atom is 0.338 e. The molecule has 0 aliphatic heterocycles. The van der Waals surface area contributed by atoms with Crippen molar-refractivity contribution in [3.63, 3.8) is 0 Å². The molecule has 1 heterocycles. The number of ketones is 1. The maximum atomic E-state index is 13.0. The normalized spacial score (nSPS) is 10.6. The fourth-order valence-electron chi connectivity index (χ4n) is 3.47. The van der Waals surface area contributed by atoms with Crippen molar-refractivity contribution < 1.29 is 23.9 Å². The summed E-state index contributed by atoms with van der Waals surface area (Å²) >= 11 is 0. The summed E-state index contributed by atoms with van der Waals surface area (Å²) in [6, 6.07) is 13.9. The fraction of sp³-hybridized carbons (Fsp3) is 0.240. The first kappa shape index (κ1) is 25.2. The number of aryl methyl sites for hydroxylation is 2. The number of ether oxygens (including phenoxy) is 2. The Labute approximate surface area is 200 Å². The fourth-order valence-corrected chi connectivity index (χ4v) is 3.47. The lowest BCUT2D eigenvalue weighted by molar-refractivity contribution is -0.141. The minimum absolute atomic E-state index is 0.0600. The Kier molecular flexibility index (Phi) is 7.65. The second kappa shape index (κ2) is 10.6. The topological polar surface area (TPSA) is 140 Å². The van der Waals surface area contributed by atoms with E-state index in [1.165, 1.54) is 0 Å². The third-order valence-corrected chi connectivity index (χ3v) is 5.39. The van der Waals surface area contributed by atoms with Crippen LogP contribution in [0.15, 0.2) is 58.1 Å². The minimum Gasteiger partial charge on any atom is -0.468 e. The van der Waals surface area contributed by atoms with Crippen LogP contribution in [0.25, 0.3) is 0 Å². The molecule has 0 fully saturated rings. The monoisotopic (exact) mass is 479 g/mol. The molecule has 0 aliphatic carbocycles. The number of hydrogen-bond acceptors (Lipinski definition) is 8. The predicted molar refractivity (Wildman–Crippen MR) is 127 cm³/mol. The van der Waals surface area contributed by atoms with E-state index in [0.717, 1.165) is 17.2 Å². The van der Waals surface area contributed by atoms with E-state index >= 15 is 0 Å². The molecule has 2 N–H and O–H groups in total. The third kappa shape index (κ3) is 5.55. The lowest BCUT2D eigenvalue weighted by atomic mass is 10.1. The molecule has 0 atom stereocenters. The maximum absolute atomic E-state index is 13.0.